The molecule has 1 fully saturated rings. The molecule has 0 radical (unpaired) electrons. The van der Waals surface area contributed by atoms with Gasteiger partial charge in [0.05, 0.1) is 6.61 Å². The van der Waals surface area contributed by atoms with Crippen molar-refractivity contribution < 1.29 is 5.11 Å². The van der Waals surface area contributed by atoms with Crippen molar-refractivity contribution in [2.45, 2.75) is 32.9 Å². The zero-order valence-corrected chi connectivity index (χ0v) is 11.8. The molecule has 1 aromatic heterocycles. The van der Waals surface area contributed by atoms with E-state index in [-0.39, 0.29) is 6.61 Å². The van der Waals surface area contributed by atoms with Gasteiger partial charge in [-0.1, -0.05) is 0 Å². The number of nitrogens with zero attached hydrogens (tertiary/aromatic N) is 3. The summed E-state index contributed by atoms with van der Waals surface area (Å²) in [5, 5.41) is 9.55. The van der Waals surface area contributed by atoms with E-state index in [0.29, 0.717) is 6.04 Å². The number of aliphatic hydroxyl groups is 1. The van der Waals surface area contributed by atoms with Gasteiger partial charge in [-0.25, -0.2) is 4.98 Å². The van der Waals surface area contributed by atoms with Crippen molar-refractivity contribution in [3.63, 3.8) is 0 Å². The second-order valence-corrected chi connectivity index (χ2v) is 5.39. The smallest absolute Gasteiger partial charge is 0.134 e. The standard InChI is InChI=1S/C14H23N3O/c1-10-7-11(2)15-14(13(10)9-18)17-6-5-12(8-17)16(3)4/h7,12,18H,5-6,8-9H2,1-4H3. The van der Waals surface area contributed by atoms with E-state index in [1.54, 1.807) is 0 Å². The summed E-state index contributed by atoms with van der Waals surface area (Å²) in [4.78, 5) is 9.19. The third kappa shape index (κ3) is 2.49. The van der Waals surface area contributed by atoms with Crippen LogP contribution < -0.4 is 4.90 Å². The van der Waals surface area contributed by atoms with Crippen LogP contribution in [-0.2, 0) is 6.61 Å². The highest BCUT2D eigenvalue weighted by Gasteiger charge is 2.26. The van der Waals surface area contributed by atoms with Crippen molar-refractivity contribution >= 4 is 5.82 Å². The Morgan fingerprint density at radius 1 is 1.44 bits per heavy atom. The van der Waals surface area contributed by atoms with Gasteiger partial charge >= 0.3 is 0 Å². The predicted octanol–water partition coefficient (Wildman–Crippen LogP) is 1.33. The lowest BCUT2D eigenvalue weighted by atomic mass is 10.1. The zero-order valence-electron chi connectivity index (χ0n) is 11.8. The fourth-order valence-corrected chi connectivity index (χ4v) is 2.66. The molecule has 100 valence electrons. The molecule has 1 aromatic rings. The maximum absolute atomic E-state index is 9.55. The molecule has 0 saturated carbocycles. The number of aliphatic hydroxyl groups excluding tert-OH is 1. The average Bonchev–Trinajstić information content (AvgIpc) is 2.77. The van der Waals surface area contributed by atoms with Crippen molar-refractivity contribution in [1.29, 1.82) is 0 Å². The number of hydrogen-bond acceptors (Lipinski definition) is 4. The monoisotopic (exact) mass is 249 g/mol. The summed E-state index contributed by atoms with van der Waals surface area (Å²) >= 11 is 0. The van der Waals surface area contributed by atoms with Crippen LogP contribution in [0.5, 0.6) is 0 Å². The van der Waals surface area contributed by atoms with Crippen molar-refractivity contribution in [2.75, 3.05) is 32.1 Å². The SMILES string of the molecule is Cc1cc(C)c(CO)c(N2CCC(N(C)C)C2)n1. The van der Waals surface area contributed by atoms with Crippen LogP contribution in [0.25, 0.3) is 0 Å². The Kier molecular flexibility index (Phi) is 3.88. The molecule has 0 spiro atoms. The molecule has 2 rings (SSSR count). The Labute approximate surface area is 109 Å². The summed E-state index contributed by atoms with van der Waals surface area (Å²) in [6, 6.07) is 2.62. The van der Waals surface area contributed by atoms with Gasteiger partial charge in [-0.05, 0) is 46.0 Å². The van der Waals surface area contributed by atoms with Gasteiger partial charge < -0.3 is 14.9 Å². The molecule has 1 aliphatic heterocycles. The number of rotatable bonds is 3. The van der Waals surface area contributed by atoms with Crippen LogP contribution in [0.15, 0.2) is 6.07 Å². The lowest BCUT2D eigenvalue weighted by molar-refractivity contribution is 0.280. The lowest BCUT2D eigenvalue weighted by Crippen LogP contribution is -2.32. The number of hydrogen-bond donors (Lipinski definition) is 1. The Hall–Kier alpha value is -1.13. The van der Waals surface area contributed by atoms with E-state index in [0.717, 1.165) is 42.1 Å². The first-order valence-electron chi connectivity index (χ1n) is 6.52. The van der Waals surface area contributed by atoms with Gasteiger partial charge in [0.2, 0.25) is 0 Å². The van der Waals surface area contributed by atoms with E-state index in [2.05, 4.69) is 28.9 Å². The van der Waals surface area contributed by atoms with Gasteiger partial charge in [0.25, 0.3) is 0 Å². The Balaban J connectivity index is 2.29. The van der Waals surface area contributed by atoms with Crippen molar-refractivity contribution in [2.24, 2.45) is 0 Å². The van der Waals surface area contributed by atoms with E-state index in [9.17, 15) is 5.11 Å². The van der Waals surface area contributed by atoms with Gasteiger partial charge in [0.1, 0.15) is 5.82 Å². The van der Waals surface area contributed by atoms with Crippen LogP contribution in [0.3, 0.4) is 0 Å². The number of likely N-dealkylation sites (N-methyl/N-ethyl adjacent to an activating group) is 1. The molecule has 4 heteroatoms. The Bertz CT molecular complexity index is 431. The molecule has 1 aliphatic rings. The van der Waals surface area contributed by atoms with Crippen molar-refractivity contribution in [3.8, 4) is 0 Å². The molecule has 0 bridgehead atoms. The summed E-state index contributed by atoms with van der Waals surface area (Å²) in [6.45, 7) is 6.14. The molecule has 1 atom stereocenters. The normalized spacial score (nSPS) is 19.9. The first-order chi connectivity index (χ1) is 8.52. The van der Waals surface area contributed by atoms with E-state index >= 15 is 0 Å². The highest BCUT2D eigenvalue weighted by Crippen LogP contribution is 2.26. The first-order valence-corrected chi connectivity index (χ1v) is 6.52. The minimum Gasteiger partial charge on any atom is -0.392 e. The van der Waals surface area contributed by atoms with Crippen molar-refractivity contribution in [1.82, 2.24) is 9.88 Å². The van der Waals surface area contributed by atoms with Gasteiger partial charge in [-0.2, -0.15) is 0 Å². The zero-order chi connectivity index (χ0) is 13.3. The lowest BCUT2D eigenvalue weighted by Gasteiger charge is -2.23. The van der Waals surface area contributed by atoms with E-state index in [1.165, 1.54) is 0 Å². The van der Waals surface area contributed by atoms with E-state index < -0.39 is 0 Å². The summed E-state index contributed by atoms with van der Waals surface area (Å²) < 4.78 is 0. The second kappa shape index (κ2) is 5.24. The van der Waals surface area contributed by atoms with Crippen LogP contribution in [0.2, 0.25) is 0 Å². The first kappa shape index (κ1) is 13.3. The number of aromatic nitrogens is 1. The van der Waals surface area contributed by atoms with Crippen molar-refractivity contribution in [3.05, 3.63) is 22.9 Å². The molecular weight excluding hydrogens is 226 g/mol. The topological polar surface area (TPSA) is 39.6 Å². The maximum atomic E-state index is 9.55. The van der Waals surface area contributed by atoms with Gasteiger partial charge in [-0.15, -0.1) is 0 Å². The fraction of sp³-hybridized carbons (Fsp3) is 0.643. The third-order valence-electron chi connectivity index (χ3n) is 3.80. The van der Waals surface area contributed by atoms with Crippen LogP contribution in [0.4, 0.5) is 5.82 Å². The third-order valence-corrected chi connectivity index (χ3v) is 3.80. The molecule has 1 unspecified atom stereocenters. The van der Waals surface area contributed by atoms with E-state index in [1.807, 2.05) is 19.9 Å². The molecule has 0 aliphatic carbocycles. The van der Waals surface area contributed by atoms with Gasteiger partial charge in [0, 0.05) is 30.4 Å². The van der Waals surface area contributed by atoms with Crippen LogP contribution >= 0.6 is 0 Å². The highest BCUT2D eigenvalue weighted by molar-refractivity contribution is 5.52. The van der Waals surface area contributed by atoms with Gasteiger partial charge in [-0.3, -0.25) is 0 Å². The molecule has 0 amide bonds. The average molecular weight is 249 g/mol. The van der Waals surface area contributed by atoms with Crippen LogP contribution in [0.1, 0.15) is 23.2 Å². The Morgan fingerprint density at radius 2 is 2.17 bits per heavy atom. The minimum atomic E-state index is 0.0670. The summed E-state index contributed by atoms with van der Waals surface area (Å²) in [5.41, 5.74) is 3.13. The Morgan fingerprint density at radius 3 is 2.72 bits per heavy atom. The molecular formula is C14H23N3O. The molecule has 1 N–H and O–H groups in total. The largest absolute Gasteiger partial charge is 0.392 e. The molecule has 4 nitrogen and oxygen atoms in total. The molecule has 1 saturated heterocycles. The van der Waals surface area contributed by atoms with Crippen LogP contribution in [0, 0.1) is 13.8 Å². The number of anilines is 1. The molecule has 18 heavy (non-hydrogen) atoms. The second-order valence-electron chi connectivity index (χ2n) is 5.39. The summed E-state index contributed by atoms with van der Waals surface area (Å²) in [5.74, 6) is 0.972. The maximum Gasteiger partial charge on any atom is 0.134 e. The molecule has 0 aromatic carbocycles. The fourth-order valence-electron chi connectivity index (χ4n) is 2.66. The van der Waals surface area contributed by atoms with Gasteiger partial charge in [0.15, 0.2) is 0 Å². The minimum absolute atomic E-state index is 0.0670. The summed E-state index contributed by atoms with van der Waals surface area (Å²) in [6.07, 6.45) is 1.16. The van der Waals surface area contributed by atoms with Crippen LogP contribution in [-0.4, -0.2) is 48.2 Å². The quantitative estimate of drug-likeness (QED) is 0.877. The number of aryl methyl sites for hydroxylation is 2. The number of pyridine rings is 1. The predicted molar refractivity (Wildman–Crippen MR) is 73.9 cm³/mol. The highest BCUT2D eigenvalue weighted by atomic mass is 16.3. The van der Waals surface area contributed by atoms with E-state index in [4.69, 9.17) is 0 Å². The molecule has 2 heterocycles. The summed E-state index contributed by atoms with van der Waals surface area (Å²) in [7, 11) is 4.24.